The molecule has 0 radical (unpaired) electrons. The Hall–Kier alpha value is -1.32. The summed E-state index contributed by atoms with van der Waals surface area (Å²) in [6.45, 7) is 6.44. The zero-order valence-electron chi connectivity index (χ0n) is 16.0. The number of rotatable bonds is 15. The van der Waals surface area contributed by atoms with Crippen LogP contribution in [0, 0.1) is 5.41 Å². The molecule has 0 N–H and O–H groups in total. The molecule has 0 bridgehead atoms. The first kappa shape index (κ1) is 21.7. The van der Waals surface area contributed by atoms with Gasteiger partial charge in [0.05, 0.1) is 11.8 Å². The minimum Gasteiger partial charge on any atom is -0.465 e. The highest BCUT2D eigenvalue weighted by atomic mass is 16.6. The molecule has 1 heterocycles. The summed E-state index contributed by atoms with van der Waals surface area (Å²) in [7, 11) is 0. The molecule has 0 aromatic heterocycles. The summed E-state index contributed by atoms with van der Waals surface area (Å²) in [5, 5.41) is 0. The van der Waals surface area contributed by atoms with E-state index in [4.69, 9.17) is 9.47 Å². The summed E-state index contributed by atoms with van der Waals surface area (Å²) in [5.74, 6) is -0.433. The number of cyclic esters (lactones) is 1. The van der Waals surface area contributed by atoms with Crippen LogP contribution in [0.15, 0.2) is 12.7 Å². The Morgan fingerprint density at radius 2 is 1.64 bits per heavy atom. The molecule has 1 atom stereocenters. The van der Waals surface area contributed by atoms with Gasteiger partial charge < -0.3 is 9.47 Å². The van der Waals surface area contributed by atoms with Crippen LogP contribution in [0.1, 0.15) is 90.4 Å². The van der Waals surface area contributed by atoms with Crippen LogP contribution in [0.2, 0.25) is 0 Å². The van der Waals surface area contributed by atoms with Gasteiger partial charge >= 0.3 is 11.9 Å². The lowest BCUT2D eigenvalue weighted by Crippen LogP contribution is -2.26. The molecule has 0 aliphatic carbocycles. The van der Waals surface area contributed by atoms with Gasteiger partial charge in [0.15, 0.2) is 0 Å². The monoisotopic (exact) mass is 352 g/mol. The number of unbranched alkanes of at least 4 members (excludes halogenated alkanes) is 10. The van der Waals surface area contributed by atoms with Crippen LogP contribution in [-0.2, 0) is 19.1 Å². The zero-order valence-corrected chi connectivity index (χ0v) is 16.0. The normalized spacial score (nSPS) is 19.6. The molecule has 1 aliphatic heterocycles. The molecular weight excluding hydrogens is 316 g/mol. The average Bonchev–Trinajstić information content (AvgIpc) is 2.99. The van der Waals surface area contributed by atoms with Gasteiger partial charge in [-0.2, -0.15) is 0 Å². The third-order valence-electron chi connectivity index (χ3n) is 4.96. The molecule has 4 nitrogen and oxygen atoms in total. The number of carbonyl (C=O) groups is 2. The molecule has 0 amide bonds. The Bertz CT molecular complexity index is 405. The van der Waals surface area contributed by atoms with Crippen molar-refractivity contribution in [3.05, 3.63) is 12.7 Å². The van der Waals surface area contributed by atoms with Gasteiger partial charge in [-0.05, 0) is 6.42 Å². The van der Waals surface area contributed by atoms with Gasteiger partial charge in [0, 0.05) is 6.42 Å². The molecule has 1 saturated heterocycles. The molecule has 0 saturated carbocycles. The van der Waals surface area contributed by atoms with E-state index >= 15 is 0 Å². The van der Waals surface area contributed by atoms with E-state index in [0.717, 1.165) is 12.8 Å². The summed E-state index contributed by atoms with van der Waals surface area (Å²) < 4.78 is 10.3. The van der Waals surface area contributed by atoms with Crippen molar-refractivity contribution in [3.63, 3.8) is 0 Å². The Balaban J connectivity index is 1.93. The van der Waals surface area contributed by atoms with Gasteiger partial charge in [-0.3, -0.25) is 9.59 Å². The highest BCUT2D eigenvalue weighted by Crippen LogP contribution is 2.31. The van der Waals surface area contributed by atoms with Gasteiger partial charge in [0.2, 0.25) is 0 Å². The van der Waals surface area contributed by atoms with Gasteiger partial charge in [-0.15, -0.1) is 6.58 Å². The highest BCUT2D eigenvalue weighted by molar-refractivity contribution is 5.73. The topological polar surface area (TPSA) is 52.6 Å². The Kier molecular flexibility index (Phi) is 11.3. The quantitative estimate of drug-likeness (QED) is 0.226. The maximum atomic E-state index is 11.8. The summed E-state index contributed by atoms with van der Waals surface area (Å²) in [6, 6.07) is 0. The second-order valence-electron chi connectivity index (χ2n) is 7.35. The molecule has 25 heavy (non-hydrogen) atoms. The van der Waals surface area contributed by atoms with Crippen molar-refractivity contribution in [3.8, 4) is 0 Å². The molecule has 1 rings (SSSR count). The van der Waals surface area contributed by atoms with E-state index in [1.807, 2.05) is 0 Å². The third kappa shape index (κ3) is 9.66. The minimum atomic E-state index is -0.524. The average molecular weight is 353 g/mol. The molecule has 1 unspecified atom stereocenters. The van der Waals surface area contributed by atoms with Crippen LogP contribution in [0.4, 0.5) is 0 Å². The van der Waals surface area contributed by atoms with E-state index in [0.29, 0.717) is 6.42 Å². The number of esters is 2. The first-order chi connectivity index (χ1) is 12.1. The fourth-order valence-electron chi connectivity index (χ4n) is 3.13. The Morgan fingerprint density at radius 3 is 2.12 bits per heavy atom. The number of hydrogen-bond donors (Lipinski definition) is 0. The van der Waals surface area contributed by atoms with Crippen LogP contribution in [0.5, 0.6) is 0 Å². The molecule has 4 heteroatoms. The second-order valence-corrected chi connectivity index (χ2v) is 7.35. The van der Waals surface area contributed by atoms with Crippen molar-refractivity contribution in [1.82, 2.24) is 0 Å². The van der Waals surface area contributed by atoms with Gasteiger partial charge in [-0.25, -0.2) is 0 Å². The lowest BCUT2D eigenvalue weighted by molar-refractivity contribution is -0.146. The standard InChI is InChI=1S/C21H36O4/c1-3-5-6-7-8-9-10-11-12-13-14-15-19(22)24-17-21(4-2)16-20(23)25-18-21/h4H,2-3,5-18H2,1H3. The van der Waals surface area contributed by atoms with Crippen molar-refractivity contribution >= 4 is 11.9 Å². The Morgan fingerprint density at radius 1 is 1.08 bits per heavy atom. The van der Waals surface area contributed by atoms with E-state index < -0.39 is 5.41 Å². The summed E-state index contributed by atoms with van der Waals surface area (Å²) >= 11 is 0. The molecule has 0 aromatic rings. The second kappa shape index (κ2) is 13.0. The first-order valence-corrected chi connectivity index (χ1v) is 10.1. The van der Waals surface area contributed by atoms with Crippen molar-refractivity contribution in [2.45, 2.75) is 90.4 Å². The van der Waals surface area contributed by atoms with Crippen molar-refractivity contribution in [2.75, 3.05) is 13.2 Å². The minimum absolute atomic E-state index is 0.184. The fraction of sp³-hybridized carbons (Fsp3) is 0.810. The SMILES string of the molecule is C=CC1(COC(=O)CCCCCCCCCCCCC)COC(=O)C1. The lowest BCUT2D eigenvalue weighted by atomic mass is 9.88. The van der Waals surface area contributed by atoms with Crippen molar-refractivity contribution < 1.29 is 19.1 Å². The fourth-order valence-corrected chi connectivity index (χ4v) is 3.13. The molecule has 144 valence electrons. The smallest absolute Gasteiger partial charge is 0.306 e. The van der Waals surface area contributed by atoms with Crippen LogP contribution in [0.25, 0.3) is 0 Å². The predicted molar refractivity (Wildman–Crippen MR) is 100 cm³/mol. The highest BCUT2D eigenvalue weighted by Gasteiger charge is 2.39. The summed E-state index contributed by atoms with van der Waals surface area (Å²) in [6.07, 6.45) is 16.3. The van der Waals surface area contributed by atoms with Gasteiger partial charge in [0.25, 0.3) is 0 Å². The number of hydrogen-bond acceptors (Lipinski definition) is 4. The van der Waals surface area contributed by atoms with E-state index in [1.165, 1.54) is 57.8 Å². The molecule has 1 fully saturated rings. The van der Waals surface area contributed by atoms with Crippen LogP contribution < -0.4 is 0 Å². The van der Waals surface area contributed by atoms with Gasteiger partial charge in [0.1, 0.15) is 13.2 Å². The van der Waals surface area contributed by atoms with Crippen LogP contribution in [0.3, 0.4) is 0 Å². The van der Waals surface area contributed by atoms with E-state index in [-0.39, 0.29) is 31.6 Å². The maximum absolute atomic E-state index is 11.8. The number of ether oxygens (including phenoxy) is 2. The van der Waals surface area contributed by atoms with Crippen LogP contribution >= 0.6 is 0 Å². The summed E-state index contributed by atoms with van der Waals surface area (Å²) in [4.78, 5) is 23.1. The Labute approximate surface area is 153 Å². The molecular formula is C21H36O4. The van der Waals surface area contributed by atoms with E-state index in [1.54, 1.807) is 6.08 Å². The van der Waals surface area contributed by atoms with E-state index in [2.05, 4.69) is 13.5 Å². The lowest BCUT2D eigenvalue weighted by Gasteiger charge is -2.20. The molecule has 0 spiro atoms. The number of carbonyl (C=O) groups excluding carboxylic acids is 2. The van der Waals surface area contributed by atoms with Crippen molar-refractivity contribution in [1.29, 1.82) is 0 Å². The zero-order chi connectivity index (χ0) is 18.4. The maximum Gasteiger partial charge on any atom is 0.306 e. The molecule has 1 aliphatic rings. The largest absolute Gasteiger partial charge is 0.465 e. The van der Waals surface area contributed by atoms with Gasteiger partial charge in [-0.1, -0.05) is 77.2 Å². The molecule has 0 aromatic carbocycles. The summed E-state index contributed by atoms with van der Waals surface area (Å²) in [5.41, 5.74) is -0.524. The van der Waals surface area contributed by atoms with Crippen molar-refractivity contribution in [2.24, 2.45) is 5.41 Å². The van der Waals surface area contributed by atoms with E-state index in [9.17, 15) is 9.59 Å². The first-order valence-electron chi connectivity index (χ1n) is 10.1. The predicted octanol–water partition coefficient (Wildman–Crippen LogP) is 5.35. The van der Waals surface area contributed by atoms with Crippen LogP contribution in [-0.4, -0.2) is 25.2 Å². The third-order valence-corrected chi connectivity index (χ3v) is 4.96.